The average molecular weight is 594 g/mol. The molecular weight excluding hydrogens is 555 g/mol. The van der Waals surface area contributed by atoms with Gasteiger partial charge in [0.05, 0.1) is 34.2 Å². The van der Waals surface area contributed by atoms with Crippen LogP contribution in [-0.2, 0) is 16.1 Å². The first kappa shape index (κ1) is 30.5. The van der Waals surface area contributed by atoms with Crippen LogP contribution in [0.5, 0.6) is 23.0 Å². The number of hydrogen-bond donors (Lipinski definition) is 1. The normalized spacial score (nSPS) is 16.7. The van der Waals surface area contributed by atoms with E-state index in [0.29, 0.717) is 23.1 Å². The molecule has 9 heteroatoms. The zero-order valence-electron chi connectivity index (χ0n) is 24.0. The van der Waals surface area contributed by atoms with E-state index in [1.807, 2.05) is 27.7 Å². The number of cyclic esters (lactones) is 1. The van der Waals surface area contributed by atoms with Gasteiger partial charge in [-0.2, -0.15) is 0 Å². The van der Waals surface area contributed by atoms with Crippen LogP contribution in [0.15, 0.2) is 12.1 Å². The van der Waals surface area contributed by atoms with Crippen LogP contribution in [0.3, 0.4) is 0 Å². The van der Waals surface area contributed by atoms with E-state index in [4.69, 9.17) is 42.1 Å². The molecule has 1 saturated carbocycles. The molecule has 1 fully saturated rings. The molecule has 2 aliphatic rings. The van der Waals surface area contributed by atoms with Gasteiger partial charge < -0.3 is 24.1 Å². The molecule has 1 N–H and O–H groups in total. The van der Waals surface area contributed by atoms with E-state index in [2.05, 4.69) is 0 Å². The summed E-state index contributed by atoms with van der Waals surface area (Å²) in [6.45, 7) is 9.24. The highest BCUT2D eigenvalue weighted by Gasteiger charge is 2.41. The summed E-state index contributed by atoms with van der Waals surface area (Å²) in [4.78, 5) is 26.9. The summed E-state index contributed by atoms with van der Waals surface area (Å²) in [5.74, 6) is -0.346. The number of aliphatic hydroxyl groups is 1. The van der Waals surface area contributed by atoms with Crippen LogP contribution in [0.4, 0.5) is 0 Å². The summed E-state index contributed by atoms with van der Waals surface area (Å²) in [5, 5.41) is 11.2. The van der Waals surface area contributed by atoms with Crippen LogP contribution in [0, 0.1) is 24.2 Å². The minimum Gasteiger partial charge on any atom is -0.495 e. The molecule has 0 saturated heterocycles. The van der Waals surface area contributed by atoms with Crippen molar-refractivity contribution in [3.63, 3.8) is 0 Å². The Morgan fingerprint density at radius 3 is 2.42 bits per heavy atom. The third kappa shape index (κ3) is 5.79. The van der Waals surface area contributed by atoms with E-state index in [1.54, 1.807) is 19.1 Å². The maximum absolute atomic E-state index is 13.6. The fraction of sp³-hybridized carbons (Fsp3) is 0.548. The van der Waals surface area contributed by atoms with Crippen molar-refractivity contribution < 1.29 is 33.6 Å². The van der Waals surface area contributed by atoms with Gasteiger partial charge in [0.15, 0.2) is 11.5 Å². The Kier molecular flexibility index (Phi) is 9.28. The van der Waals surface area contributed by atoms with Crippen LogP contribution in [0.2, 0.25) is 10.0 Å². The third-order valence-electron chi connectivity index (χ3n) is 8.12. The summed E-state index contributed by atoms with van der Waals surface area (Å²) in [5.41, 5.74) is 0.522. The van der Waals surface area contributed by atoms with Gasteiger partial charge in [0.25, 0.3) is 0 Å². The number of halogens is 2. The van der Waals surface area contributed by atoms with Gasteiger partial charge in [0.1, 0.15) is 23.7 Å². The van der Waals surface area contributed by atoms with E-state index >= 15 is 0 Å². The van der Waals surface area contributed by atoms with Gasteiger partial charge in [-0.3, -0.25) is 4.79 Å². The van der Waals surface area contributed by atoms with Gasteiger partial charge in [-0.05, 0) is 69.6 Å². The Labute approximate surface area is 246 Å². The number of esters is 2. The van der Waals surface area contributed by atoms with Crippen molar-refractivity contribution in [3.8, 4) is 23.0 Å². The maximum atomic E-state index is 13.6. The lowest BCUT2D eigenvalue weighted by molar-refractivity contribution is -0.148. The molecule has 0 bridgehead atoms. The number of fused-ring (bicyclic) bond motifs is 2. The molecule has 0 radical (unpaired) electrons. The van der Waals surface area contributed by atoms with Crippen LogP contribution in [-0.4, -0.2) is 24.2 Å². The Balaban J connectivity index is 1.81. The van der Waals surface area contributed by atoms with E-state index in [-0.39, 0.29) is 57.0 Å². The molecule has 1 aliphatic heterocycles. The molecule has 218 valence electrons. The average Bonchev–Trinajstić information content (AvgIpc) is 2.92. The second-order valence-corrected chi connectivity index (χ2v) is 12.5. The molecule has 0 unspecified atom stereocenters. The topological polar surface area (TPSA) is 91.3 Å². The minimum atomic E-state index is -0.865. The highest BCUT2D eigenvalue weighted by Crippen LogP contribution is 2.51. The van der Waals surface area contributed by atoms with Crippen molar-refractivity contribution in [1.82, 2.24) is 0 Å². The fourth-order valence-corrected chi connectivity index (χ4v) is 6.11. The first-order valence-corrected chi connectivity index (χ1v) is 14.6. The van der Waals surface area contributed by atoms with Crippen LogP contribution in [0.25, 0.3) is 0 Å². The molecule has 7 nitrogen and oxygen atoms in total. The van der Waals surface area contributed by atoms with Crippen molar-refractivity contribution >= 4 is 35.1 Å². The van der Waals surface area contributed by atoms with Crippen molar-refractivity contribution in [2.45, 2.75) is 85.9 Å². The quantitative estimate of drug-likeness (QED) is 0.255. The zero-order chi connectivity index (χ0) is 29.4. The smallest absolute Gasteiger partial charge is 0.346 e. The lowest BCUT2D eigenvalue weighted by atomic mass is 9.71. The van der Waals surface area contributed by atoms with Crippen molar-refractivity contribution in [3.05, 3.63) is 44.4 Å². The van der Waals surface area contributed by atoms with Gasteiger partial charge >= 0.3 is 11.9 Å². The van der Waals surface area contributed by atoms with Gasteiger partial charge in [0.2, 0.25) is 0 Å². The highest BCUT2D eigenvalue weighted by molar-refractivity contribution is 6.38. The minimum absolute atomic E-state index is 0.0149. The first-order chi connectivity index (χ1) is 18.9. The summed E-state index contributed by atoms with van der Waals surface area (Å²) in [7, 11) is 1.42. The summed E-state index contributed by atoms with van der Waals surface area (Å²) in [6, 6.07) is 3.21. The number of carbonyl (C=O) groups is 2. The predicted molar refractivity (Wildman–Crippen MR) is 154 cm³/mol. The zero-order valence-corrected chi connectivity index (χ0v) is 25.5. The highest BCUT2D eigenvalue weighted by atomic mass is 35.5. The number of aliphatic hydroxyl groups excluding tert-OH is 1. The number of hydrogen-bond acceptors (Lipinski definition) is 7. The fourth-order valence-electron chi connectivity index (χ4n) is 5.61. The lowest BCUT2D eigenvalue weighted by Gasteiger charge is -2.35. The van der Waals surface area contributed by atoms with E-state index in [1.165, 1.54) is 13.5 Å². The Bertz CT molecular complexity index is 1300. The standard InChI is InChI=1S/C31H38Cl2O7/c1-16(2)14-21(34)19-12-13-22-23(26(19)37-6)29(35)38-15-20-24(32)17(3)25(33)28(27(20)39-22)40-30(36)31(4,5)18-10-8-7-9-11-18/h12-13,16,18,21,34H,7-11,14-15H2,1-6H3/t21-/m0/s1. The lowest BCUT2D eigenvalue weighted by Crippen LogP contribution is -2.37. The Morgan fingerprint density at radius 2 is 1.80 bits per heavy atom. The monoisotopic (exact) mass is 592 g/mol. The van der Waals surface area contributed by atoms with Gasteiger partial charge in [-0.1, -0.05) is 56.3 Å². The Hall–Kier alpha value is -2.48. The molecule has 2 aromatic rings. The van der Waals surface area contributed by atoms with Crippen LogP contribution >= 0.6 is 23.2 Å². The van der Waals surface area contributed by atoms with E-state index in [0.717, 1.165) is 25.7 Å². The molecule has 2 aromatic carbocycles. The summed E-state index contributed by atoms with van der Waals surface area (Å²) in [6.07, 6.45) is 4.85. The van der Waals surface area contributed by atoms with Crippen molar-refractivity contribution in [2.24, 2.45) is 17.3 Å². The molecule has 40 heavy (non-hydrogen) atoms. The molecule has 1 aliphatic carbocycles. The van der Waals surface area contributed by atoms with Crippen LogP contribution in [0.1, 0.15) is 99.4 Å². The number of ether oxygens (including phenoxy) is 4. The van der Waals surface area contributed by atoms with Gasteiger partial charge in [-0.25, -0.2) is 4.79 Å². The number of carbonyl (C=O) groups excluding carboxylic acids is 2. The third-order valence-corrected chi connectivity index (χ3v) is 9.09. The Morgan fingerprint density at radius 1 is 1.12 bits per heavy atom. The molecular formula is C31H38Cl2O7. The van der Waals surface area contributed by atoms with Gasteiger partial charge in [0, 0.05) is 5.56 Å². The summed E-state index contributed by atoms with van der Waals surface area (Å²) >= 11 is 13.4. The second-order valence-electron chi connectivity index (χ2n) is 11.7. The largest absolute Gasteiger partial charge is 0.495 e. The number of rotatable bonds is 7. The number of benzene rings is 2. The molecule has 4 rings (SSSR count). The van der Waals surface area contributed by atoms with Gasteiger partial charge in [-0.15, -0.1) is 0 Å². The predicted octanol–water partition coefficient (Wildman–Crippen LogP) is 8.36. The van der Waals surface area contributed by atoms with E-state index < -0.39 is 23.5 Å². The maximum Gasteiger partial charge on any atom is 0.346 e. The van der Waals surface area contributed by atoms with E-state index in [9.17, 15) is 14.7 Å². The van der Waals surface area contributed by atoms with Crippen molar-refractivity contribution in [2.75, 3.05) is 7.11 Å². The SMILES string of the molecule is COc1c([C@@H](O)CC(C)C)ccc2c1C(=O)OCc1c(Cl)c(C)c(Cl)c(OC(=O)C(C)(C)C3CCCCC3)c1O2. The molecule has 1 heterocycles. The number of methoxy groups -OCH3 is 1. The van der Waals surface area contributed by atoms with Crippen LogP contribution < -0.4 is 14.2 Å². The molecule has 0 aromatic heterocycles. The first-order valence-electron chi connectivity index (χ1n) is 13.8. The van der Waals surface area contributed by atoms with Crippen molar-refractivity contribution in [1.29, 1.82) is 0 Å². The molecule has 0 spiro atoms. The summed E-state index contributed by atoms with van der Waals surface area (Å²) < 4.78 is 23.6. The molecule has 0 amide bonds. The molecule has 1 atom stereocenters. The second kappa shape index (κ2) is 12.2.